The molecule has 1 aromatic heterocycles. The topological polar surface area (TPSA) is 64.3 Å². The minimum atomic E-state index is 0.354. The summed E-state index contributed by atoms with van der Waals surface area (Å²) in [6.07, 6.45) is 8.28. The van der Waals surface area contributed by atoms with Crippen LogP contribution in [-0.2, 0) is 13.1 Å². The molecule has 0 saturated carbocycles. The van der Waals surface area contributed by atoms with Crippen molar-refractivity contribution >= 4 is 5.95 Å². The minimum Gasteiger partial charge on any atom is -0.497 e. The van der Waals surface area contributed by atoms with Crippen LogP contribution in [0, 0.1) is 5.92 Å². The molecule has 0 amide bonds. The van der Waals surface area contributed by atoms with Crippen LogP contribution in [0.3, 0.4) is 0 Å². The van der Waals surface area contributed by atoms with E-state index in [1.165, 1.54) is 24.8 Å². The molecule has 1 aromatic carbocycles. The summed E-state index contributed by atoms with van der Waals surface area (Å²) in [5, 5.41) is 0. The van der Waals surface area contributed by atoms with E-state index in [-0.39, 0.29) is 0 Å². The monoisotopic (exact) mass is 336 g/mol. The van der Waals surface area contributed by atoms with Crippen molar-refractivity contribution in [3.05, 3.63) is 47.7 Å². The van der Waals surface area contributed by atoms with E-state index in [0.717, 1.165) is 48.3 Å². The molecule has 2 aliphatic rings. The Hall–Kier alpha value is -2.40. The Balaban J connectivity index is 1.58. The summed E-state index contributed by atoms with van der Waals surface area (Å²) < 4.78 is 5.25. The minimum absolute atomic E-state index is 0.354. The lowest BCUT2D eigenvalue weighted by molar-refractivity contribution is 0.226. The first-order chi connectivity index (χ1) is 12.2. The number of hydrogen-bond donors (Lipinski definition) is 1. The van der Waals surface area contributed by atoms with Gasteiger partial charge in [-0.15, -0.1) is 0 Å². The molecule has 2 aromatic rings. The fraction of sp³-hybridized carbons (Fsp3) is 0.400. The molecule has 130 valence electrons. The molecule has 5 nitrogen and oxygen atoms in total. The summed E-state index contributed by atoms with van der Waals surface area (Å²) in [6.45, 7) is 2.88. The van der Waals surface area contributed by atoms with Crippen LogP contribution in [0.25, 0.3) is 11.3 Å². The normalized spacial score (nSPS) is 19.8. The van der Waals surface area contributed by atoms with Gasteiger partial charge < -0.3 is 10.5 Å². The predicted molar refractivity (Wildman–Crippen MR) is 99.0 cm³/mol. The first-order valence-corrected chi connectivity index (χ1v) is 8.90. The fourth-order valence-electron chi connectivity index (χ4n) is 3.84. The summed E-state index contributed by atoms with van der Waals surface area (Å²) in [4.78, 5) is 11.5. The van der Waals surface area contributed by atoms with E-state index in [0.29, 0.717) is 5.95 Å². The molecule has 1 atom stereocenters. The second-order valence-electron chi connectivity index (χ2n) is 6.90. The SMILES string of the molecule is COc1ccc(-c2nc(N)nc3c2CN(C[C@H]2CC=CCC2)C3)cc1. The maximum absolute atomic E-state index is 5.98. The van der Waals surface area contributed by atoms with Crippen LogP contribution in [0.4, 0.5) is 5.95 Å². The van der Waals surface area contributed by atoms with E-state index in [1.54, 1.807) is 7.11 Å². The van der Waals surface area contributed by atoms with Crippen molar-refractivity contribution in [2.45, 2.75) is 32.4 Å². The summed E-state index contributed by atoms with van der Waals surface area (Å²) in [5.41, 5.74) is 10.3. The Bertz CT molecular complexity index is 785. The summed E-state index contributed by atoms with van der Waals surface area (Å²) in [7, 11) is 1.67. The summed E-state index contributed by atoms with van der Waals surface area (Å²) >= 11 is 0. The Labute approximate surface area is 148 Å². The van der Waals surface area contributed by atoms with Gasteiger partial charge in [0.25, 0.3) is 0 Å². The Morgan fingerprint density at radius 2 is 2.00 bits per heavy atom. The number of fused-ring (bicyclic) bond motifs is 1. The van der Waals surface area contributed by atoms with Crippen LogP contribution in [0.2, 0.25) is 0 Å². The average molecular weight is 336 g/mol. The van der Waals surface area contributed by atoms with Crippen molar-refractivity contribution in [2.24, 2.45) is 5.92 Å². The number of nitrogens with zero attached hydrogens (tertiary/aromatic N) is 3. The second-order valence-corrected chi connectivity index (χ2v) is 6.90. The molecular weight excluding hydrogens is 312 g/mol. The first-order valence-electron chi connectivity index (χ1n) is 8.90. The Morgan fingerprint density at radius 3 is 2.72 bits per heavy atom. The smallest absolute Gasteiger partial charge is 0.220 e. The zero-order valence-electron chi connectivity index (χ0n) is 14.6. The first kappa shape index (κ1) is 16.1. The molecule has 25 heavy (non-hydrogen) atoms. The molecule has 1 aliphatic carbocycles. The second kappa shape index (κ2) is 6.84. The van der Waals surface area contributed by atoms with Gasteiger partial charge in [0.1, 0.15) is 5.75 Å². The van der Waals surface area contributed by atoms with Crippen LogP contribution in [0.5, 0.6) is 5.75 Å². The Kier molecular flexibility index (Phi) is 4.40. The lowest BCUT2D eigenvalue weighted by Gasteiger charge is -2.23. The molecule has 2 heterocycles. The van der Waals surface area contributed by atoms with Crippen LogP contribution in [0.1, 0.15) is 30.5 Å². The van der Waals surface area contributed by atoms with E-state index < -0.39 is 0 Å². The molecule has 1 aliphatic heterocycles. The zero-order valence-corrected chi connectivity index (χ0v) is 14.6. The number of nitrogen functional groups attached to an aromatic ring is 1. The highest BCUT2D eigenvalue weighted by Gasteiger charge is 2.27. The molecule has 0 spiro atoms. The van der Waals surface area contributed by atoms with Crippen molar-refractivity contribution in [1.82, 2.24) is 14.9 Å². The van der Waals surface area contributed by atoms with Gasteiger partial charge in [0.15, 0.2) is 0 Å². The number of benzene rings is 1. The quantitative estimate of drug-likeness (QED) is 0.867. The largest absolute Gasteiger partial charge is 0.497 e. The van der Waals surface area contributed by atoms with Gasteiger partial charge in [0, 0.05) is 30.8 Å². The van der Waals surface area contributed by atoms with Crippen molar-refractivity contribution < 1.29 is 4.74 Å². The highest BCUT2D eigenvalue weighted by Crippen LogP contribution is 2.33. The molecule has 2 N–H and O–H groups in total. The highest BCUT2D eigenvalue weighted by atomic mass is 16.5. The molecule has 5 heteroatoms. The molecule has 0 bridgehead atoms. The highest BCUT2D eigenvalue weighted by molar-refractivity contribution is 5.66. The van der Waals surface area contributed by atoms with Gasteiger partial charge in [0.2, 0.25) is 5.95 Å². The van der Waals surface area contributed by atoms with Crippen LogP contribution < -0.4 is 10.5 Å². The van der Waals surface area contributed by atoms with Gasteiger partial charge in [-0.1, -0.05) is 12.2 Å². The lowest BCUT2D eigenvalue weighted by Crippen LogP contribution is -2.25. The number of ether oxygens (including phenoxy) is 1. The van der Waals surface area contributed by atoms with Gasteiger partial charge >= 0.3 is 0 Å². The van der Waals surface area contributed by atoms with Crippen molar-refractivity contribution in [3.8, 4) is 17.0 Å². The van der Waals surface area contributed by atoms with Gasteiger partial charge in [-0.25, -0.2) is 9.97 Å². The number of aromatic nitrogens is 2. The maximum atomic E-state index is 5.98. The molecule has 0 radical (unpaired) electrons. The number of methoxy groups -OCH3 is 1. The van der Waals surface area contributed by atoms with Gasteiger partial charge in [-0.3, -0.25) is 4.90 Å². The summed E-state index contributed by atoms with van der Waals surface area (Å²) in [5.74, 6) is 1.94. The third-order valence-corrected chi connectivity index (χ3v) is 5.12. The number of anilines is 1. The molecule has 0 unspecified atom stereocenters. The number of hydrogen-bond acceptors (Lipinski definition) is 5. The van der Waals surface area contributed by atoms with Crippen molar-refractivity contribution in [1.29, 1.82) is 0 Å². The third-order valence-electron chi connectivity index (χ3n) is 5.12. The van der Waals surface area contributed by atoms with E-state index in [1.807, 2.05) is 24.3 Å². The van der Waals surface area contributed by atoms with Gasteiger partial charge in [-0.2, -0.15) is 0 Å². The maximum Gasteiger partial charge on any atom is 0.220 e. The van der Waals surface area contributed by atoms with Crippen LogP contribution >= 0.6 is 0 Å². The number of allylic oxidation sites excluding steroid dienone is 2. The standard InChI is InChI=1S/C20H24N4O/c1-25-16-9-7-15(8-10-16)19-17-12-24(11-14-5-3-2-4-6-14)13-18(17)22-20(21)23-19/h2-3,7-10,14H,4-6,11-13H2,1H3,(H2,21,22,23)/t14-/m0/s1. The van der Waals surface area contributed by atoms with Crippen LogP contribution in [-0.4, -0.2) is 28.5 Å². The van der Waals surface area contributed by atoms with E-state index >= 15 is 0 Å². The zero-order chi connectivity index (χ0) is 17.2. The van der Waals surface area contributed by atoms with Crippen molar-refractivity contribution in [2.75, 3.05) is 19.4 Å². The van der Waals surface area contributed by atoms with Gasteiger partial charge in [0.05, 0.1) is 18.5 Å². The molecule has 0 fully saturated rings. The summed E-state index contributed by atoms with van der Waals surface area (Å²) in [6, 6.07) is 7.99. The van der Waals surface area contributed by atoms with Crippen LogP contribution in [0.15, 0.2) is 36.4 Å². The van der Waals surface area contributed by atoms with E-state index in [2.05, 4.69) is 27.0 Å². The predicted octanol–water partition coefficient (Wildman–Crippen LogP) is 3.41. The molecular formula is C20H24N4O. The van der Waals surface area contributed by atoms with E-state index in [4.69, 9.17) is 10.5 Å². The van der Waals surface area contributed by atoms with Crippen molar-refractivity contribution in [3.63, 3.8) is 0 Å². The molecule has 4 rings (SSSR count). The third kappa shape index (κ3) is 3.37. The van der Waals surface area contributed by atoms with E-state index in [9.17, 15) is 0 Å². The Morgan fingerprint density at radius 1 is 1.16 bits per heavy atom. The van der Waals surface area contributed by atoms with Gasteiger partial charge in [-0.05, 0) is 49.4 Å². The fourth-order valence-corrected chi connectivity index (χ4v) is 3.84. The molecule has 0 saturated heterocycles. The average Bonchev–Trinajstić information content (AvgIpc) is 3.04. The number of nitrogens with two attached hydrogens (primary N) is 1. The number of rotatable bonds is 4. The lowest BCUT2D eigenvalue weighted by atomic mass is 9.94.